The SMILES string of the molecule is N=c1cc2c(nn1CCCCCCCCCCC(=O)N1CCN(c3ncccn3)CC1)-c1ccccc1CC2. The molecule has 39 heavy (non-hydrogen) atoms. The molecule has 1 amide bonds. The van der Waals surface area contributed by atoms with E-state index in [1.54, 1.807) is 12.4 Å². The first-order valence-electron chi connectivity index (χ1n) is 14.7. The third kappa shape index (κ3) is 7.11. The highest BCUT2D eigenvalue weighted by molar-refractivity contribution is 5.76. The zero-order valence-corrected chi connectivity index (χ0v) is 23.0. The highest BCUT2D eigenvalue weighted by Gasteiger charge is 2.22. The molecule has 1 N–H and O–H groups in total. The van der Waals surface area contributed by atoms with Crippen molar-refractivity contribution in [2.45, 2.75) is 77.2 Å². The number of benzene rings is 1. The van der Waals surface area contributed by atoms with Gasteiger partial charge in [0.25, 0.3) is 0 Å². The van der Waals surface area contributed by atoms with Gasteiger partial charge in [-0.2, -0.15) is 5.10 Å². The molecule has 5 rings (SSSR count). The van der Waals surface area contributed by atoms with Crippen LogP contribution < -0.4 is 10.4 Å². The Morgan fingerprint density at radius 1 is 0.795 bits per heavy atom. The predicted molar refractivity (Wildman–Crippen MR) is 153 cm³/mol. The number of fused-ring (bicyclic) bond motifs is 3. The van der Waals surface area contributed by atoms with Gasteiger partial charge in [-0.1, -0.05) is 62.8 Å². The van der Waals surface area contributed by atoms with Crippen molar-refractivity contribution in [1.82, 2.24) is 24.6 Å². The number of carbonyl (C=O) groups excluding carboxylic acids is 1. The Morgan fingerprint density at radius 2 is 1.46 bits per heavy atom. The van der Waals surface area contributed by atoms with E-state index in [4.69, 9.17) is 10.5 Å². The summed E-state index contributed by atoms with van der Waals surface area (Å²) < 4.78 is 1.88. The van der Waals surface area contributed by atoms with Crippen molar-refractivity contribution in [3.8, 4) is 11.3 Å². The average Bonchev–Trinajstić information content (AvgIpc) is 2.98. The van der Waals surface area contributed by atoms with Crippen molar-refractivity contribution < 1.29 is 4.79 Å². The van der Waals surface area contributed by atoms with Crippen molar-refractivity contribution in [3.63, 3.8) is 0 Å². The minimum atomic E-state index is 0.286. The lowest BCUT2D eigenvalue weighted by atomic mass is 9.89. The molecule has 2 aromatic heterocycles. The van der Waals surface area contributed by atoms with Gasteiger partial charge >= 0.3 is 0 Å². The summed E-state index contributed by atoms with van der Waals surface area (Å²) in [4.78, 5) is 25.4. The lowest BCUT2D eigenvalue weighted by Crippen LogP contribution is -2.49. The van der Waals surface area contributed by atoms with Gasteiger partial charge in [-0.25, -0.2) is 14.6 Å². The molecule has 3 heterocycles. The van der Waals surface area contributed by atoms with Gasteiger partial charge in [-0.05, 0) is 48.9 Å². The van der Waals surface area contributed by atoms with Crippen molar-refractivity contribution in [2.24, 2.45) is 0 Å². The van der Waals surface area contributed by atoms with Crippen LogP contribution in [0.25, 0.3) is 11.3 Å². The summed E-state index contributed by atoms with van der Waals surface area (Å²) in [7, 11) is 0. The fraction of sp³-hybridized carbons (Fsp3) is 0.516. The Hall–Kier alpha value is -3.55. The highest BCUT2D eigenvalue weighted by Crippen LogP contribution is 2.30. The van der Waals surface area contributed by atoms with E-state index in [9.17, 15) is 4.79 Å². The molecule has 8 heteroatoms. The summed E-state index contributed by atoms with van der Waals surface area (Å²) in [5, 5.41) is 13.3. The van der Waals surface area contributed by atoms with Crippen LogP contribution in [-0.2, 0) is 24.2 Å². The van der Waals surface area contributed by atoms with Crippen LogP contribution in [-0.4, -0.2) is 56.7 Å². The van der Waals surface area contributed by atoms with Gasteiger partial charge < -0.3 is 9.80 Å². The van der Waals surface area contributed by atoms with Crippen LogP contribution in [0.4, 0.5) is 5.95 Å². The van der Waals surface area contributed by atoms with Crippen molar-refractivity contribution in [1.29, 1.82) is 5.41 Å². The van der Waals surface area contributed by atoms with Gasteiger partial charge in [0.05, 0.1) is 5.69 Å². The first kappa shape index (κ1) is 27.0. The lowest BCUT2D eigenvalue weighted by Gasteiger charge is -2.34. The number of anilines is 1. The maximum Gasteiger partial charge on any atom is 0.225 e. The largest absolute Gasteiger partial charge is 0.339 e. The third-order valence-corrected chi connectivity index (χ3v) is 8.03. The van der Waals surface area contributed by atoms with E-state index in [0.29, 0.717) is 11.9 Å². The van der Waals surface area contributed by atoms with Crippen molar-refractivity contribution in [3.05, 3.63) is 65.4 Å². The van der Waals surface area contributed by atoms with E-state index >= 15 is 0 Å². The predicted octanol–water partition coefficient (Wildman–Crippen LogP) is 4.78. The average molecular weight is 528 g/mol. The van der Waals surface area contributed by atoms with Gasteiger partial charge in [0, 0.05) is 57.1 Å². The quantitative estimate of drug-likeness (QED) is 0.343. The summed E-state index contributed by atoms with van der Waals surface area (Å²) >= 11 is 0. The second-order valence-corrected chi connectivity index (χ2v) is 10.8. The van der Waals surface area contributed by atoms with Crippen molar-refractivity contribution in [2.75, 3.05) is 31.1 Å². The number of hydrogen-bond acceptors (Lipinski definition) is 6. The zero-order chi connectivity index (χ0) is 26.9. The number of rotatable bonds is 12. The number of nitrogens with zero attached hydrogens (tertiary/aromatic N) is 6. The summed E-state index contributed by atoms with van der Waals surface area (Å²) in [6.45, 7) is 3.92. The molecule has 3 aromatic rings. The molecule has 2 aliphatic rings. The second kappa shape index (κ2) is 13.5. The summed E-state index contributed by atoms with van der Waals surface area (Å²) in [6.07, 6.45) is 15.4. The van der Waals surface area contributed by atoms with Crippen LogP contribution in [0.3, 0.4) is 0 Å². The zero-order valence-electron chi connectivity index (χ0n) is 23.0. The summed E-state index contributed by atoms with van der Waals surface area (Å²) in [5.41, 5.74) is 5.39. The number of nitrogens with one attached hydrogen (secondary N) is 1. The molecule has 1 aromatic carbocycles. The maximum atomic E-state index is 12.6. The monoisotopic (exact) mass is 527 g/mol. The molecule has 0 radical (unpaired) electrons. The molecule has 0 atom stereocenters. The van der Waals surface area contributed by atoms with Gasteiger partial charge in [0.1, 0.15) is 5.49 Å². The van der Waals surface area contributed by atoms with E-state index in [-0.39, 0.29) is 5.91 Å². The second-order valence-electron chi connectivity index (χ2n) is 10.8. The molecule has 0 saturated carbocycles. The molecule has 206 valence electrons. The summed E-state index contributed by atoms with van der Waals surface area (Å²) in [5.74, 6) is 1.04. The smallest absolute Gasteiger partial charge is 0.225 e. The topological polar surface area (TPSA) is 91.0 Å². The Morgan fingerprint density at radius 3 is 2.23 bits per heavy atom. The molecular weight excluding hydrogens is 486 g/mol. The normalized spacial score (nSPS) is 14.7. The molecule has 1 aliphatic heterocycles. The van der Waals surface area contributed by atoms with E-state index in [2.05, 4.69) is 39.1 Å². The van der Waals surface area contributed by atoms with Gasteiger partial charge in [-0.3, -0.25) is 10.2 Å². The Labute approximate surface area is 231 Å². The fourth-order valence-corrected chi connectivity index (χ4v) is 5.74. The van der Waals surface area contributed by atoms with Crippen LogP contribution in [0.5, 0.6) is 0 Å². The number of aryl methyl sites for hydroxylation is 3. The van der Waals surface area contributed by atoms with E-state index < -0.39 is 0 Å². The van der Waals surface area contributed by atoms with Crippen LogP contribution in [0.15, 0.2) is 48.8 Å². The first-order valence-corrected chi connectivity index (χ1v) is 14.7. The third-order valence-electron chi connectivity index (χ3n) is 8.03. The van der Waals surface area contributed by atoms with Crippen LogP contribution in [0, 0.1) is 5.41 Å². The standard InChI is InChI=1S/C31H41N7O/c32-28-24-26-16-15-25-12-8-9-13-27(25)30(26)35-38(28)19-10-6-4-2-1-3-5-7-14-29(39)36-20-22-37(23-21-36)31-33-17-11-18-34-31/h8-9,11-13,17-18,24,32H,1-7,10,14-16,19-23H2. The maximum absolute atomic E-state index is 12.6. The lowest BCUT2D eigenvalue weighted by molar-refractivity contribution is -0.131. The Balaban J connectivity index is 0.919. The molecule has 1 fully saturated rings. The first-order chi connectivity index (χ1) is 19.2. The fourth-order valence-electron chi connectivity index (χ4n) is 5.74. The Kier molecular flexibility index (Phi) is 9.35. The van der Waals surface area contributed by atoms with E-state index in [0.717, 1.165) is 76.5 Å². The molecule has 0 unspecified atom stereocenters. The number of carbonyl (C=O) groups is 1. The van der Waals surface area contributed by atoms with Crippen LogP contribution in [0.2, 0.25) is 0 Å². The molecule has 1 aliphatic carbocycles. The highest BCUT2D eigenvalue weighted by atomic mass is 16.2. The minimum absolute atomic E-state index is 0.286. The van der Waals surface area contributed by atoms with Crippen LogP contribution >= 0.6 is 0 Å². The van der Waals surface area contributed by atoms with E-state index in [1.807, 2.05) is 21.7 Å². The van der Waals surface area contributed by atoms with Gasteiger partial charge in [0.15, 0.2) is 0 Å². The van der Waals surface area contributed by atoms with Gasteiger partial charge in [0.2, 0.25) is 11.9 Å². The number of unbranched alkanes of at least 4 members (excludes halogenated alkanes) is 7. The van der Waals surface area contributed by atoms with Crippen molar-refractivity contribution >= 4 is 11.9 Å². The molecule has 0 bridgehead atoms. The minimum Gasteiger partial charge on any atom is -0.339 e. The molecular formula is C31H41N7O. The number of hydrogen-bond donors (Lipinski definition) is 1. The molecule has 0 spiro atoms. The summed E-state index contributed by atoms with van der Waals surface area (Å²) in [6, 6.07) is 12.4. The van der Waals surface area contributed by atoms with Crippen LogP contribution in [0.1, 0.15) is 68.9 Å². The van der Waals surface area contributed by atoms with Gasteiger partial charge in [-0.15, -0.1) is 0 Å². The molecule has 1 saturated heterocycles. The number of amides is 1. The number of aromatic nitrogens is 4. The molecule has 8 nitrogen and oxygen atoms in total. The van der Waals surface area contributed by atoms with E-state index in [1.165, 1.54) is 48.8 Å². The Bertz CT molecular complexity index is 1280. The number of piperazine rings is 1.